The highest BCUT2D eigenvalue weighted by molar-refractivity contribution is 7.92. The van der Waals surface area contributed by atoms with Crippen LogP contribution in [0.2, 0.25) is 5.02 Å². The van der Waals surface area contributed by atoms with Crippen molar-refractivity contribution in [2.24, 2.45) is 0 Å². The number of nitrogens with zero attached hydrogens (tertiary/aromatic N) is 2. The van der Waals surface area contributed by atoms with Crippen LogP contribution in [0.15, 0.2) is 66.1 Å². The van der Waals surface area contributed by atoms with Crippen LogP contribution in [0.25, 0.3) is 0 Å². The SMILES string of the molecule is COc1ccc(Cl)cc1NS(=O)(=O)c1cccc(C(=O)NCCCn2ccnc2)c1. The van der Waals surface area contributed by atoms with E-state index in [1.54, 1.807) is 30.7 Å². The monoisotopic (exact) mass is 448 g/mol. The predicted octanol–water partition coefficient (Wildman–Crippen LogP) is 3.17. The molecule has 3 aromatic rings. The average molecular weight is 449 g/mol. The lowest BCUT2D eigenvalue weighted by atomic mass is 10.2. The molecule has 0 aliphatic rings. The highest BCUT2D eigenvalue weighted by Gasteiger charge is 2.18. The van der Waals surface area contributed by atoms with E-state index in [0.717, 1.165) is 13.0 Å². The second kappa shape index (κ2) is 9.64. The number of imidazole rings is 1. The minimum Gasteiger partial charge on any atom is -0.495 e. The fraction of sp³-hybridized carbons (Fsp3) is 0.200. The summed E-state index contributed by atoms with van der Waals surface area (Å²) < 4.78 is 35.1. The van der Waals surface area contributed by atoms with Gasteiger partial charge >= 0.3 is 0 Å². The van der Waals surface area contributed by atoms with E-state index in [9.17, 15) is 13.2 Å². The Bertz CT molecular complexity index is 1120. The number of aromatic nitrogens is 2. The van der Waals surface area contributed by atoms with Crippen molar-refractivity contribution in [2.45, 2.75) is 17.9 Å². The third-order valence-electron chi connectivity index (χ3n) is 4.25. The Hall–Kier alpha value is -3.04. The number of nitrogens with one attached hydrogen (secondary N) is 2. The number of anilines is 1. The highest BCUT2D eigenvalue weighted by atomic mass is 35.5. The van der Waals surface area contributed by atoms with E-state index in [-0.39, 0.29) is 22.1 Å². The Labute approximate surface area is 179 Å². The smallest absolute Gasteiger partial charge is 0.262 e. The largest absolute Gasteiger partial charge is 0.495 e. The van der Waals surface area contributed by atoms with Crippen molar-refractivity contribution in [2.75, 3.05) is 18.4 Å². The molecule has 0 aliphatic carbocycles. The molecule has 0 atom stereocenters. The van der Waals surface area contributed by atoms with Crippen LogP contribution in [0.4, 0.5) is 5.69 Å². The molecule has 0 bridgehead atoms. The summed E-state index contributed by atoms with van der Waals surface area (Å²) in [5.41, 5.74) is 0.456. The molecule has 10 heteroatoms. The Kier molecular flexibility index (Phi) is 6.96. The molecule has 8 nitrogen and oxygen atoms in total. The van der Waals surface area contributed by atoms with Crippen LogP contribution < -0.4 is 14.8 Å². The van der Waals surface area contributed by atoms with Crippen LogP contribution in [0.5, 0.6) is 5.75 Å². The lowest BCUT2D eigenvalue weighted by Crippen LogP contribution is -2.25. The second-order valence-electron chi connectivity index (χ2n) is 6.39. The first-order valence-corrected chi connectivity index (χ1v) is 11.0. The zero-order chi connectivity index (χ0) is 21.6. The van der Waals surface area contributed by atoms with Crippen molar-refractivity contribution in [1.29, 1.82) is 0 Å². The number of hydrogen-bond acceptors (Lipinski definition) is 5. The van der Waals surface area contributed by atoms with Gasteiger partial charge in [0, 0.05) is 36.1 Å². The van der Waals surface area contributed by atoms with Gasteiger partial charge in [0.15, 0.2) is 0 Å². The van der Waals surface area contributed by atoms with Crippen molar-refractivity contribution in [3.63, 3.8) is 0 Å². The lowest BCUT2D eigenvalue weighted by molar-refractivity contribution is 0.0952. The number of hydrogen-bond donors (Lipinski definition) is 2. The zero-order valence-electron chi connectivity index (χ0n) is 16.2. The quantitative estimate of drug-likeness (QED) is 0.489. The molecular weight excluding hydrogens is 428 g/mol. The van der Waals surface area contributed by atoms with E-state index < -0.39 is 10.0 Å². The summed E-state index contributed by atoms with van der Waals surface area (Å²) in [5, 5.41) is 3.15. The number of benzene rings is 2. The summed E-state index contributed by atoms with van der Waals surface area (Å²) >= 11 is 5.96. The van der Waals surface area contributed by atoms with Crippen molar-refractivity contribution < 1.29 is 17.9 Å². The van der Waals surface area contributed by atoms with Gasteiger partial charge in [-0.1, -0.05) is 17.7 Å². The van der Waals surface area contributed by atoms with Crippen LogP contribution in [-0.2, 0) is 16.6 Å². The summed E-state index contributed by atoms with van der Waals surface area (Å²) in [7, 11) is -2.52. The van der Waals surface area contributed by atoms with Gasteiger partial charge < -0.3 is 14.6 Å². The van der Waals surface area contributed by atoms with Gasteiger partial charge in [0.25, 0.3) is 15.9 Å². The lowest BCUT2D eigenvalue weighted by Gasteiger charge is -2.13. The molecule has 0 spiro atoms. The van der Waals surface area contributed by atoms with E-state index in [0.29, 0.717) is 17.3 Å². The molecule has 0 radical (unpaired) electrons. The van der Waals surface area contributed by atoms with Crippen LogP contribution in [-0.4, -0.2) is 37.5 Å². The van der Waals surface area contributed by atoms with Crippen LogP contribution in [0.1, 0.15) is 16.8 Å². The standard InChI is InChI=1S/C20H21ClN4O4S/c1-29-19-7-6-16(21)13-18(19)24-30(27,28)17-5-2-4-15(12-17)20(26)23-8-3-10-25-11-9-22-14-25/h2,4-7,9,11-14,24H,3,8,10H2,1H3,(H,23,26). The molecule has 1 amide bonds. The molecule has 0 unspecified atom stereocenters. The molecule has 2 N–H and O–H groups in total. The van der Waals surface area contributed by atoms with E-state index in [4.69, 9.17) is 16.3 Å². The number of halogens is 1. The molecule has 2 aromatic carbocycles. The number of sulfonamides is 1. The number of ether oxygens (including phenoxy) is 1. The molecule has 158 valence electrons. The van der Waals surface area contributed by atoms with Gasteiger partial charge in [0.1, 0.15) is 5.75 Å². The first kappa shape index (κ1) is 21.7. The van der Waals surface area contributed by atoms with Crippen molar-refractivity contribution in [1.82, 2.24) is 14.9 Å². The van der Waals surface area contributed by atoms with E-state index in [1.807, 2.05) is 10.8 Å². The normalized spacial score (nSPS) is 11.1. The summed E-state index contributed by atoms with van der Waals surface area (Å²) in [4.78, 5) is 16.3. The number of amides is 1. The maximum absolute atomic E-state index is 12.8. The van der Waals surface area contributed by atoms with Crippen LogP contribution in [0.3, 0.4) is 0 Å². The third-order valence-corrected chi connectivity index (χ3v) is 5.85. The molecule has 0 saturated carbocycles. The highest BCUT2D eigenvalue weighted by Crippen LogP contribution is 2.29. The zero-order valence-corrected chi connectivity index (χ0v) is 17.8. The molecule has 3 rings (SSSR count). The molecular formula is C20H21ClN4O4S. The average Bonchev–Trinajstić information content (AvgIpc) is 3.24. The van der Waals surface area contributed by atoms with Gasteiger partial charge in [-0.3, -0.25) is 9.52 Å². The maximum atomic E-state index is 12.8. The molecule has 1 aromatic heterocycles. The minimum absolute atomic E-state index is 0.0457. The third kappa shape index (κ3) is 5.52. The summed E-state index contributed by atoms with van der Waals surface area (Å²) in [6.45, 7) is 1.17. The van der Waals surface area contributed by atoms with Crippen LogP contribution in [0, 0.1) is 0 Å². The summed E-state index contributed by atoms with van der Waals surface area (Å²) in [6.07, 6.45) is 5.96. The number of aryl methyl sites for hydroxylation is 1. The minimum atomic E-state index is -3.95. The van der Waals surface area contributed by atoms with Crippen molar-refractivity contribution in [3.05, 3.63) is 71.8 Å². The Balaban J connectivity index is 1.67. The van der Waals surface area contributed by atoms with Crippen molar-refractivity contribution >= 4 is 33.2 Å². The van der Waals surface area contributed by atoms with Gasteiger partial charge in [-0.25, -0.2) is 13.4 Å². The number of carbonyl (C=O) groups is 1. The first-order valence-electron chi connectivity index (χ1n) is 9.09. The predicted molar refractivity (Wildman–Crippen MR) is 114 cm³/mol. The Morgan fingerprint density at radius 1 is 1.23 bits per heavy atom. The number of methoxy groups -OCH3 is 1. The van der Waals surface area contributed by atoms with Crippen LogP contribution >= 0.6 is 11.6 Å². The summed E-state index contributed by atoms with van der Waals surface area (Å²) in [5.74, 6) is -0.0206. The van der Waals surface area contributed by atoms with Gasteiger partial charge in [-0.05, 0) is 42.8 Å². The van der Waals surface area contributed by atoms with Gasteiger partial charge in [-0.15, -0.1) is 0 Å². The van der Waals surface area contributed by atoms with Gasteiger partial charge in [0.2, 0.25) is 0 Å². The first-order chi connectivity index (χ1) is 14.4. The number of carbonyl (C=O) groups excluding carboxylic acids is 1. The Morgan fingerprint density at radius 2 is 2.07 bits per heavy atom. The molecule has 30 heavy (non-hydrogen) atoms. The van der Waals surface area contributed by atoms with Gasteiger partial charge in [-0.2, -0.15) is 0 Å². The maximum Gasteiger partial charge on any atom is 0.262 e. The van der Waals surface area contributed by atoms with E-state index in [2.05, 4.69) is 15.0 Å². The van der Waals surface area contributed by atoms with E-state index >= 15 is 0 Å². The molecule has 0 aliphatic heterocycles. The van der Waals surface area contributed by atoms with Crippen molar-refractivity contribution in [3.8, 4) is 5.75 Å². The fourth-order valence-electron chi connectivity index (χ4n) is 2.75. The summed E-state index contributed by atoms with van der Waals surface area (Å²) in [6, 6.07) is 10.4. The fourth-order valence-corrected chi connectivity index (χ4v) is 4.03. The second-order valence-corrected chi connectivity index (χ2v) is 8.51. The molecule has 0 fully saturated rings. The van der Waals surface area contributed by atoms with E-state index in [1.165, 1.54) is 31.4 Å². The molecule has 1 heterocycles. The number of rotatable bonds is 9. The molecule has 0 saturated heterocycles. The van der Waals surface area contributed by atoms with Gasteiger partial charge in [0.05, 0.1) is 24.0 Å². The topological polar surface area (TPSA) is 102 Å². The Morgan fingerprint density at radius 3 is 2.80 bits per heavy atom.